The fraction of sp³-hybridized carbons (Fsp3) is 0.833. The molecular formula is C12H22O. The zero-order valence-corrected chi connectivity index (χ0v) is 9.19. The summed E-state index contributed by atoms with van der Waals surface area (Å²) in [6.45, 7) is 6.47. The molecule has 0 bridgehead atoms. The molecule has 1 nitrogen and oxygen atoms in total. The highest BCUT2D eigenvalue weighted by molar-refractivity contribution is 5.07. The fourth-order valence-electron chi connectivity index (χ4n) is 1.95. The van der Waals surface area contributed by atoms with E-state index in [1.165, 1.54) is 24.0 Å². The van der Waals surface area contributed by atoms with Gasteiger partial charge in [0, 0.05) is 0 Å². The summed E-state index contributed by atoms with van der Waals surface area (Å²) in [6.07, 6.45) is 6.49. The SMILES string of the molecule is CC(C)=C(C)CCC1(O)CCCC1. The highest BCUT2D eigenvalue weighted by Gasteiger charge is 2.30. The largest absolute Gasteiger partial charge is 0.390 e. The maximum atomic E-state index is 10.1. The zero-order chi connectivity index (χ0) is 9.90. The number of aliphatic hydroxyl groups is 1. The molecule has 1 heteroatoms. The van der Waals surface area contributed by atoms with E-state index in [1.807, 2.05) is 0 Å². The minimum atomic E-state index is -0.323. The van der Waals surface area contributed by atoms with Gasteiger partial charge in [-0.15, -0.1) is 0 Å². The number of hydrogen-bond acceptors (Lipinski definition) is 1. The molecule has 76 valence electrons. The van der Waals surface area contributed by atoms with Crippen LogP contribution < -0.4 is 0 Å². The average molecular weight is 182 g/mol. The van der Waals surface area contributed by atoms with Crippen molar-refractivity contribution in [1.29, 1.82) is 0 Å². The Balaban J connectivity index is 2.37. The lowest BCUT2D eigenvalue weighted by atomic mass is 9.93. The Bertz CT molecular complexity index is 193. The Hall–Kier alpha value is -0.300. The van der Waals surface area contributed by atoms with Gasteiger partial charge in [0.05, 0.1) is 5.60 Å². The molecule has 1 N–H and O–H groups in total. The Morgan fingerprint density at radius 2 is 1.69 bits per heavy atom. The van der Waals surface area contributed by atoms with Crippen LogP contribution >= 0.6 is 0 Å². The first-order chi connectivity index (χ1) is 6.03. The van der Waals surface area contributed by atoms with Crippen LogP contribution in [0.4, 0.5) is 0 Å². The topological polar surface area (TPSA) is 20.2 Å². The summed E-state index contributed by atoms with van der Waals surface area (Å²) in [5, 5.41) is 10.1. The van der Waals surface area contributed by atoms with Crippen molar-refractivity contribution in [2.24, 2.45) is 0 Å². The molecule has 1 saturated carbocycles. The molecule has 0 saturated heterocycles. The highest BCUT2D eigenvalue weighted by atomic mass is 16.3. The molecule has 0 aliphatic heterocycles. The molecule has 1 aliphatic carbocycles. The molecule has 1 rings (SSSR count). The van der Waals surface area contributed by atoms with Gasteiger partial charge in [-0.3, -0.25) is 0 Å². The van der Waals surface area contributed by atoms with Crippen LogP contribution in [0.15, 0.2) is 11.1 Å². The van der Waals surface area contributed by atoms with Crippen LogP contribution in [-0.4, -0.2) is 10.7 Å². The molecule has 0 spiro atoms. The predicted octanol–water partition coefficient (Wildman–Crippen LogP) is 3.43. The first-order valence-corrected chi connectivity index (χ1v) is 5.39. The average Bonchev–Trinajstić information content (AvgIpc) is 2.48. The van der Waals surface area contributed by atoms with Crippen LogP contribution in [0.1, 0.15) is 59.3 Å². The summed E-state index contributed by atoms with van der Waals surface area (Å²) in [6, 6.07) is 0. The Morgan fingerprint density at radius 3 is 2.15 bits per heavy atom. The molecular weight excluding hydrogens is 160 g/mol. The smallest absolute Gasteiger partial charge is 0.0650 e. The van der Waals surface area contributed by atoms with Crippen molar-refractivity contribution in [2.75, 3.05) is 0 Å². The molecule has 1 fully saturated rings. The Labute approximate surface area is 81.9 Å². The third-order valence-electron chi connectivity index (χ3n) is 3.35. The molecule has 13 heavy (non-hydrogen) atoms. The van der Waals surface area contributed by atoms with Crippen molar-refractivity contribution in [1.82, 2.24) is 0 Å². The van der Waals surface area contributed by atoms with Crippen LogP contribution in [0.3, 0.4) is 0 Å². The van der Waals surface area contributed by atoms with E-state index < -0.39 is 0 Å². The maximum Gasteiger partial charge on any atom is 0.0650 e. The van der Waals surface area contributed by atoms with Gasteiger partial charge < -0.3 is 5.11 Å². The van der Waals surface area contributed by atoms with Crippen molar-refractivity contribution < 1.29 is 5.11 Å². The van der Waals surface area contributed by atoms with Crippen molar-refractivity contribution in [3.63, 3.8) is 0 Å². The minimum absolute atomic E-state index is 0.323. The minimum Gasteiger partial charge on any atom is -0.390 e. The second-order valence-electron chi connectivity index (χ2n) is 4.71. The van der Waals surface area contributed by atoms with Crippen molar-refractivity contribution in [2.45, 2.75) is 64.9 Å². The van der Waals surface area contributed by atoms with Crippen LogP contribution in [-0.2, 0) is 0 Å². The molecule has 0 heterocycles. The molecule has 0 aromatic heterocycles. The van der Waals surface area contributed by atoms with Gasteiger partial charge in [0.2, 0.25) is 0 Å². The Morgan fingerprint density at radius 1 is 1.15 bits per heavy atom. The van der Waals surface area contributed by atoms with Gasteiger partial charge in [-0.1, -0.05) is 24.0 Å². The van der Waals surface area contributed by atoms with Crippen molar-refractivity contribution in [3.05, 3.63) is 11.1 Å². The fourth-order valence-corrected chi connectivity index (χ4v) is 1.95. The van der Waals surface area contributed by atoms with Gasteiger partial charge >= 0.3 is 0 Å². The molecule has 0 unspecified atom stereocenters. The molecule has 0 amide bonds. The third kappa shape index (κ3) is 3.15. The van der Waals surface area contributed by atoms with Gasteiger partial charge in [0.1, 0.15) is 0 Å². The lowest BCUT2D eigenvalue weighted by Crippen LogP contribution is -2.23. The van der Waals surface area contributed by atoms with Gasteiger partial charge in [0.15, 0.2) is 0 Å². The molecule has 0 aromatic carbocycles. The monoisotopic (exact) mass is 182 g/mol. The molecule has 1 aliphatic rings. The van der Waals surface area contributed by atoms with Crippen LogP contribution in [0.25, 0.3) is 0 Å². The second-order valence-corrected chi connectivity index (χ2v) is 4.71. The Kier molecular flexibility index (Phi) is 3.55. The number of hydrogen-bond donors (Lipinski definition) is 1. The van der Waals surface area contributed by atoms with E-state index in [4.69, 9.17) is 0 Å². The normalized spacial score (nSPS) is 20.3. The highest BCUT2D eigenvalue weighted by Crippen LogP contribution is 2.34. The van der Waals surface area contributed by atoms with Gasteiger partial charge in [-0.25, -0.2) is 0 Å². The summed E-state index contributed by atoms with van der Waals surface area (Å²) in [5.74, 6) is 0. The van der Waals surface area contributed by atoms with Crippen molar-refractivity contribution >= 4 is 0 Å². The number of allylic oxidation sites excluding steroid dienone is 2. The zero-order valence-electron chi connectivity index (χ0n) is 9.19. The second kappa shape index (κ2) is 4.28. The standard InChI is InChI=1S/C12H22O/c1-10(2)11(3)6-9-12(13)7-4-5-8-12/h13H,4-9H2,1-3H3. The molecule has 0 aromatic rings. The predicted molar refractivity (Wildman–Crippen MR) is 56.7 cm³/mol. The summed E-state index contributed by atoms with van der Waals surface area (Å²) >= 11 is 0. The van der Waals surface area contributed by atoms with E-state index in [-0.39, 0.29) is 5.60 Å². The van der Waals surface area contributed by atoms with Gasteiger partial charge in [-0.2, -0.15) is 0 Å². The first kappa shape index (κ1) is 10.8. The lowest BCUT2D eigenvalue weighted by Gasteiger charge is -2.22. The van der Waals surface area contributed by atoms with Gasteiger partial charge in [0.25, 0.3) is 0 Å². The summed E-state index contributed by atoms with van der Waals surface area (Å²) < 4.78 is 0. The van der Waals surface area contributed by atoms with E-state index in [0.29, 0.717) is 0 Å². The quantitative estimate of drug-likeness (QED) is 0.663. The van der Waals surface area contributed by atoms with E-state index in [0.717, 1.165) is 25.7 Å². The number of rotatable bonds is 3. The molecule has 0 radical (unpaired) electrons. The summed E-state index contributed by atoms with van der Waals surface area (Å²) in [4.78, 5) is 0. The van der Waals surface area contributed by atoms with Gasteiger partial charge in [-0.05, 0) is 46.5 Å². The third-order valence-corrected chi connectivity index (χ3v) is 3.35. The van der Waals surface area contributed by atoms with Crippen molar-refractivity contribution in [3.8, 4) is 0 Å². The first-order valence-electron chi connectivity index (χ1n) is 5.39. The van der Waals surface area contributed by atoms with E-state index in [1.54, 1.807) is 0 Å². The van der Waals surface area contributed by atoms with E-state index >= 15 is 0 Å². The summed E-state index contributed by atoms with van der Waals surface area (Å²) in [7, 11) is 0. The van der Waals surface area contributed by atoms with Crippen LogP contribution in [0.2, 0.25) is 0 Å². The van der Waals surface area contributed by atoms with Crippen LogP contribution in [0, 0.1) is 0 Å². The summed E-state index contributed by atoms with van der Waals surface area (Å²) in [5.41, 5.74) is 2.53. The lowest BCUT2D eigenvalue weighted by molar-refractivity contribution is 0.0391. The maximum absolute atomic E-state index is 10.1. The van der Waals surface area contributed by atoms with E-state index in [2.05, 4.69) is 20.8 Å². The van der Waals surface area contributed by atoms with Crippen LogP contribution in [0.5, 0.6) is 0 Å². The molecule has 0 atom stereocenters. The van der Waals surface area contributed by atoms with E-state index in [9.17, 15) is 5.11 Å².